The summed E-state index contributed by atoms with van der Waals surface area (Å²) < 4.78 is 0. The zero-order valence-electron chi connectivity index (χ0n) is 10.2. The van der Waals surface area contributed by atoms with Crippen molar-refractivity contribution in [2.75, 3.05) is 17.3 Å². The zero-order chi connectivity index (χ0) is 12.4. The molecule has 0 radical (unpaired) electrons. The molecule has 1 nitrogen and oxygen atoms in total. The Labute approximate surface area is 113 Å². The summed E-state index contributed by atoms with van der Waals surface area (Å²) in [6.45, 7) is 0.901. The average Bonchev–Trinajstić information content (AvgIpc) is 2.80. The number of nitrogens with zero attached hydrogens (tertiary/aromatic N) is 1. The lowest BCUT2D eigenvalue weighted by molar-refractivity contribution is 0.677. The highest BCUT2D eigenvalue weighted by molar-refractivity contribution is 6.18. The molecule has 1 heterocycles. The van der Waals surface area contributed by atoms with Gasteiger partial charge in [0.1, 0.15) is 0 Å². The normalized spacial score (nSPS) is 17.8. The lowest BCUT2D eigenvalue weighted by atomic mass is 10.0. The summed E-state index contributed by atoms with van der Waals surface area (Å²) in [5, 5.41) is 0. The van der Waals surface area contributed by atoms with Gasteiger partial charge in [0.25, 0.3) is 0 Å². The van der Waals surface area contributed by atoms with Crippen LogP contribution in [0.1, 0.15) is 17.2 Å². The Morgan fingerprint density at radius 2 is 1.72 bits per heavy atom. The first-order chi connectivity index (χ1) is 8.90. The van der Waals surface area contributed by atoms with Crippen LogP contribution in [0, 0.1) is 0 Å². The van der Waals surface area contributed by atoms with Gasteiger partial charge in [-0.15, -0.1) is 11.6 Å². The minimum absolute atomic E-state index is 0.433. The Bertz CT molecular complexity index is 524. The predicted molar refractivity (Wildman–Crippen MR) is 77.4 cm³/mol. The fraction of sp³-hybridized carbons (Fsp3) is 0.250. The molecule has 0 saturated heterocycles. The van der Waals surface area contributed by atoms with Crippen LogP contribution < -0.4 is 4.90 Å². The second-order valence-electron chi connectivity index (χ2n) is 4.64. The van der Waals surface area contributed by atoms with Gasteiger partial charge in [-0.25, -0.2) is 0 Å². The van der Waals surface area contributed by atoms with Crippen LogP contribution in [0.5, 0.6) is 0 Å². The van der Waals surface area contributed by atoms with Gasteiger partial charge in [-0.05, 0) is 23.6 Å². The first-order valence-corrected chi connectivity index (χ1v) is 6.89. The Morgan fingerprint density at radius 1 is 1.00 bits per heavy atom. The molecular weight excluding hydrogens is 242 g/mol. The van der Waals surface area contributed by atoms with Gasteiger partial charge in [0.05, 0.1) is 6.04 Å². The summed E-state index contributed by atoms with van der Waals surface area (Å²) >= 11 is 5.96. The van der Waals surface area contributed by atoms with Gasteiger partial charge in [0.15, 0.2) is 0 Å². The molecule has 0 bridgehead atoms. The van der Waals surface area contributed by atoms with E-state index in [1.54, 1.807) is 0 Å². The fourth-order valence-electron chi connectivity index (χ4n) is 2.79. The molecule has 92 valence electrons. The SMILES string of the molecule is ClCCN1c2ccccc2CC1c1ccccc1. The molecule has 1 unspecified atom stereocenters. The maximum Gasteiger partial charge on any atom is 0.0584 e. The van der Waals surface area contributed by atoms with E-state index in [0.717, 1.165) is 13.0 Å². The summed E-state index contributed by atoms with van der Waals surface area (Å²) in [6, 6.07) is 19.8. The van der Waals surface area contributed by atoms with Crippen LogP contribution in [0.2, 0.25) is 0 Å². The number of para-hydroxylation sites is 1. The first kappa shape index (κ1) is 11.6. The maximum atomic E-state index is 5.96. The lowest BCUT2D eigenvalue weighted by Crippen LogP contribution is -2.27. The Balaban J connectivity index is 1.98. The standard InChI is InChI=1S/C16H16ClN/c17-10-11-18-15-9-5-4-8-14(15)12-16(18)13-6-2-1-3-7-13/h1-9,16H,10-12H2. The Kier molecular flexibility index (Phi) is 3.24. The largest absolute Gasteiger partial charge is 0.363 e. The molecule has 1 aliphatic rings. The van der Waals surface area contributed by atoms with Crippen molar-refractivity contribution in [2.45, 2.75) is 12.5 Å². The third-order valence-corrected chi connectivity index (χ3v) is 3.77. The van der Waals surface area contributed by atoms with Gasteiger partial charge >= 0.3 is 0 Å². The predicted octanol–water partition coefficient (Wildman–Crippen LogP) is 4.03. The highest BCUT2D eigenvalue weighted by atomic mass is 35.5. The first-order valence-electron chi connectivity index (χ1n) is 6.35. The molecule has 1 atom stereocenters. The molecule has 3 rings (SSSR count). The molecule has 2 heteroatoms. The second-order valence-corrected chi connectivity index (χ2v) is 5.02. The molecule has 0 amide bonds. The van der Waals surface area contributed by atoms with E-state index in [1.807, 2.05) is 0 Å². The molecule has 0 aromatic heterocycles. The van der Waals surface area contributed by atoms with E-state index in [-0.39, 0.29) is 0 Å². The zero-order valence-corrected chi connectivity index (χ0v) is 11.0. The lowest BCUT2D eigenvalue weighted by Gasteiger charge is -2.27. The summed E-state index contributed by atoms with van der Waals surface area (Å²) in [6.07, 6.45) is 1.08. The topological polar surface area (TPSA) is 3.24 Å². The van der Waals surface area contributed by atoms with Crippen molar-refractivity contribution in [2.24, 2.45) is 0 Å². The van der Waals surface area contributed by atoms with Crippen molar-refractivity contribution in [1.29, 1.82) is 0 Å². The van der Waals surface area contributed by atoms with E-state index in [9.17, 15) is 0 Å². The van der Waals surface area contributed by atoms with Gasteiger partial charge in [0, 0.05) is 18.1 Å². The van der Waals surface area contributed by atoms with Crippen molar-refractivity contribution >= 4 is 17.3 Å². The molecule has 1 aliphatic heterocycles. The Morgan fingerprint density at radius 3 is 2.50 bits per heavy atom. The monoisotopic (exact) mass is 257 g/mol. The number of alkyl halides is 1. The summed E-state index contributed by atoms with van der Waals surface area (Å²) in [5.74, 6) is 0.664. The molecule has 0 saturated carbocycles. The summed E-state index contributed by atoms with van der Waals surface area (Å²) in [4.78, 5) is 2.43. The van der Waals surface area contributed by atoms with Crippen molar-refractivity contribution in [3.05, 3.63) is 65.7 Å². The van der Waals surface area contributed by atoms with Crippen LogP contribution >= 0.6 is 11.6 Å². The number of hydrogen-bond donors (Lipinski definition) is 0. The van der Waals surface area contributed by atoms with Crippen molar-refractivity contribution in [1.82, 2.24) is 0 Å². The highest BCUT2D eigenvalue weighted by Crippen LogP contribution is 2.39. The smallest absolute Gasteiger partial charge is 0.0584 e. The minimum Gasteiger partial charge on any atom is -0.363 e. The Hall–Kier alpha value is -1.47. The molecule has 0 fully saturated rings. The van der Waals surface area contributed by atoms with Crippen LogP contribution in [0.4, 0.5) is 5.69 Å². The van der Waals surface area contributed by atoms with Crippen LogP contribution in [0.15, 0.2) is 54.6 Å². The van der Waals surface area contributed by atoms with Crippen molar-refractivity contribution in [3.63, 3.8) is 0 Å². The summed E-state index contributed by atoms with van der Waals surface area (Å²) in [7, 11) is 0. The third-order valence-electron chi connectivity index (χ3n) is 3.60. The number of fused-ring (bicyclic) bond motifs is 1. The van der Waals surface area contributed by atoms with E-state index in [4.69, 9.17) is 11.6 Å². The number of benzene rings is 2. The van der Waals surface area contributed by atoms with Gasteiger partial charge in [0.2, 0.25) is 0 Å². The van der Waals surface area contributed by atoms with Gasteiger partial charge < -0.3 is 4.90 Å². The molecule has 0 aliphatic carbocycles. The highest BCUT2D eigenvalue weighted by Gasteiger charge is 2.29. The van der Waals surface area contributed by atoms with Gasteiger partial charge in [-0.1, -0.05) is 48.5 Å². The van der Waals surface area contributed by atoms with E-state index >= 15 is 0 Å². The van der Waals surface area contributed by atoms with Crippen LogP contribution in [-0.2, 0) is 6.42 Å². The number of rotatable bonds is 3. The average molecular weight is 258 g/mol. The van der Waals surface area contributed by atoms with E-state index in [2.05, 4.69) is 59.5 Å². The quantitative estimate of drug-likeness (QED) is 0.751. The minimum atomic E-state index is 0.433. The van der Waals surface area contributed by atoms with Gasteiger partial charge in [-0.2, -0.15) is 0 Å². The molecule has 18 heavy (non-hydrogen) atoms. The van der Waals surface area contributed by atoms with Crippen LogP contribution in [0.25, 0.3) is 0 Å². The summed E-state index contributed by atoms with van der Waals surface area (Å²) in [5.41, 5.74) is 4.14. The van der Waals surface area contributed by atoms with Gasteiger partial charge in [-0.3, -0.25) is 0 Å². The van der Waals surface area contributed by atoms with E-state index in [1.165, 1.54) is 16.8 Å². The van der Waals surface area contributed by atoms with Crippen LogP contribution in [-0.4, -0.2) is 12.4 Å². The third kappa shape index (κ3) is 1.99. The molecule has 2 aromatic carbocycles. The fourth-order valence-corrected chi connectivity index (χ4v) is 2.97. The molecule has 0 spiro atoms. The molecular formula is C16H16ClN. The number of halogens is 1. The number of hydrogen-bond acceptors (Lipinski definition) is 1. The maximum absolute atomic E-state index is 5.96. The van der Waals surface area contributed by atoms with E-state index < -0.39 is 0 Å². The van der Waals surface area contributed by atoms with Crippen molar-refractivity contribution < 1.29 is 0 Å². The molecule has 0 N–H and O–H groups in total. The van der Waals surface area contributed by atoms with E-state index in [0.29, 0.717) is 11.9 Å². The molecule has 2 aromatic rings. The second kappa shape index (κ2) is 5.03. The van der Waals surface area contributed by atoms with Crippen LogP contribution in [0.3, 0.4) is 0 Å². The van der Waals surface area contributed by atoms with Crippen molar-refractivity contribution in [3.8, 4) is 0 Å². The number of anilines is 1.